The minimum absolute atomic E-state index is 0.127. The van der Waals surface area contributed by atoms with Crippen LogP contribution < -0.4 is 15.0 Å². The first-order valence-corrected chi connectivity index (χ1v) is 14.5. The fourth-order valence-corrected chi connectivity index (χ4v) is 6.82. The van der Waals surface area contributed by atoms with Crippen LogP contribution in [0.25, 0.3) is 0 Å². The second-order valence-electron chi connectivity index (χ2n) is 12.2. The number of hydrogen-bond donors (Lipinski definition) is 1. The summed E-state index contributed by atoms with van der Waals surface area (Å²) in [7, 11) is 0. The van der Waals surface area contributed by atoms with Gasteiger partial charge in [-0.25, -0.2) is 0 Å². The lowest BCUT2D eigenvalue weighted by atomic mass is 9.89. The maximum atomic E-state index is 9.29. The van der Waals surface area contributed by atoms with Gasteiger partial charge < -0.3 is 24.4 Å². The summed E-state index contributed by atoms with van der Waals surface area (Å²) in [6.07, 6.45) is 5.44. The molecule has 1 aromatic carbocycles. The van der Waals surface area contributed by atoms with Gasteiger partial charge in [0.1, 0.15) is 5.82 Å². The van der Waals surface area contributed by atoms with E-state index in [4.69, 9.17) is 24.2 Å². The van der Waals surface area contributed by atoms with Gasteiger partial charge in [-0.05, 0) is 24.0 Å². The topological polar surface area (TPSA) is 95.8 Å². The van der Waals surface area contributed by atoms with Gasteiger partial charge in [0, 0.05) is 75.6 Å². The predicted molar refractivity (Wildman–Crippen MR) is 146 cm³/mol. The Labute approximate surface area is 230 Å². The highest BCUT2D eigenvalue weighted by molar-refractivity contribution is 5.52. The molecule has 1 atom stereocenters. The number of anilines is 1. The zero-order valence-corrected chi connectivity index (χ0v) is 22.7. The number of aromatic nitrogens is 2. The third-order valence-electron chi connectivity index (χ3n) is 9.23. The fraction of sp³-hybridized carbons (Fsp3) is 0.633. The van der Waals surface area contributed by atoms with Crippen LogP contribution >= 0.6 is 0 Å². The van der Waals surface area contributed by atoms with Gasteiger partial charge in [0.05, 0.1) is 50.2 Å². The first-order valence-electron chi connectivity index (χ1n) is 14.5. The molecule has 2 saturated heterocycles. The van der Waals surface area contributed by atoms with Crippen LogP contribution in [0.3, 0.4) is 0 Å². The van der Waals surface area contributed by atoms with Gasteiger partial charge in [0.25, 0.3) is 0 Å². The number of rotatable bonds is 7. The molecule has 0 bridgehead atoms. The van der Waals surface area contributed by atoms with Crippen molar-refractivity contribution >= 4 is 5.82 Å². The number of piperazine rings is 1. The summed E-state index contributed by atoms with van der Waals surface area (Å²) in [5.41, 5.74) is 4.85. The standard InChI is InChI=1S/C30H38N6O3/c31-8-5-24-18-36(10-9-32-24)27-25-19-39-30(15-22-3-1-2-4-23(22)16-30)17-26(25)33-28(34-27)38-21-29(6-7-29)20-35-11-13-37-14-12-35/h1-4,24,32H,5-7,9-21H2/t24-/m0/s1. The van der Waals surface area contributed by atoms with Gasteiger partial charge in [-0.3, -0.25) is 4.90 Å². The van der Waals surface area contributed by atoms with Crippen molar-refractivity contribution in [1.82, 2.24) is 20.2 Å². The highest BCUT2D eigenvalue weighted by Gasteiger charge is 2.46. The molecule has 1 N–H and O–H groups in total. The average Bonchev–Trinajstić information content (AvgIpc) is 3.63. The molecule has 2 aromatic rings. The van der Waals surface area contributed by atoms with Gasteiger partial charge in [-0.2, -0.15) is 15.2 Å². The Morgan fingerprint density at radius 1 is 1.08 bits per heavy atom. The molecule has 1 spiro atoms. The number of nitrogens with one attached hydrogen (secondary N) is 1. The Hall–Kier alpha value is -2.77. The molecule has 3 aliphatic heterocycles. The van der Waals surface area contributed by atoms with Gasteiger partial charge in [0.2, 0.25) is 0 Å². The van der Waals surface area contributed by atoms with Crippen LogP contribution in [0.15, 0.2) is 24.3 Å². The summed E-state index contributed by atoms with van der Waals surface area (Å²) in [6, 6.07) is 11.6. The molecule has 9 heteroatoms. The minimum atomic E-state index is -0.250. The zero-order valence-electron chi connectivity index (χ0n) is 22.7. The Morgan fingerprint density at radius 2 is 1.87 bits per heavy atom. The SMILES string of the molecule is N#CC[C@H]1CN(c2nc(OCC3(CN4CCOCC4)CC3)nc3c2COC2(Cc4ccccc4C2)C3)CCN1. The van der Waals surface area contributed by atoms with Gasteiger partial charge >= 0.3 is 6.01 Å². The number of benzene rings is 1. The molecule has 39 heavy (non-hydrogen) atoms. The van der Waals surface area contributed by atoms with E-state index in [9.17, 15) is 5.26 Å². The summed E-state index contributed by atoms with van der Waals surface area (Å²) in [5, 5.41) is 12.8. The zero-order chi connectivity index (χ0) is 26.3. The lowest BCUT2D eigenvalue weighted by Gasteiger charge is -2.39. The van der Waals surface area contributed by atoms with E-state index < -0.39 is 0 Å². The molecular weight excluding hydrogens is 492 g/mol. The molecule has 3 fully saturated rings. The number of ether oxygens (including phenoxy) is 3. The quantitative estimate of drug-likeness (QED) is 0.578. The third kappa shape index (κ3) is 5.23. The molecular formula is C30H38N6O3. The van der Waals surface area contributed by atoms with Crippen LogP contribution in [0.2, 0.25) is 0 Å². The van der Waals surface area contributed by atoms with Crippen LogP contribution in [0.5, 0.6) is 6.01 Å². The van der Waals surface area contributed by atoms with Crippen molar-refractivity contribution in [1.29, 1.82) is 5.26 Å². The summed E-state index contributed by atoms with van der Waals surface area (Å²) < 4.78 is 18.6. The highest BCUT2D eigenvalue weighted by Crippen LogP contribution is 2.47. The Kier molecular flexibility index (Phi) is 6.68. The number of morpholine rings is 1. The van der Waals surface area contributed by atoms with Crippen molar-refractivity contribution in [3.05, 3.63) is 46.6 Å². The lowest BCUT2D eigenvalue weighted by molar-refractivity contribution is -0.0613. The van der Waals surface area contributed by atoms with Crippen molar-refractivity contribution < 1.29 is 14.2 Å². The second-order valence-corrected chi connectivity index (χ2v) is 12.2. The molecule has 2 aliphatic carbocycles. The number of nitriles is 1. The number of fused-ring (bicyclic) bond motifs is 2. The van der Waals surface area contributed by atoms with Crippen molar-refractivity contribution in [2.24, 2.45) is 5.41 Å². The third-order valence-corrected chi connectivity index (χ3v) is 9.23. The first-order chi connectivity index (χ1) is 19.1. The van der Waals surface area contributed by atoms with Crippen LogP contribution in [-0.2, 0) is 35.3 Å². The van der Waals surface area contributed by atoms with E-state index in [1.807, 2.05) is 0 Å². The largest absolute Gasteiger partial charge is 0.463 e. The van der Waals surface area contributed by atoms with Crippen LogP contribution in [0.4, 0.5) is 5.82 Å². The van der Waals surface area contributed by atoms with E-state index in [1.165, 1.54) is 24.0 Å². The van der Waals surface area contributed by atoms with E-state index in [1.54, 1.807) is 0 Å². The summed E-state index contributed by atoms with van der Waals surface area (Å²) in [6.45, 7) is 8.24. The molecule has 206 valence electrons. The fourth-order valence-electron chi connectivity index (χ4n) is 6.82. The van der Waals surface area contributed by atoms with Gasteiger partial charge in [-0.15, -0.1) is 0 Å². The smallest absolute Gasteiger partial charge is 0.318 e. The first kappa shape index (κ1) is 25.2. The molecule has 0 radical (unpaired) electrons. The molecule has 7 rings (SSSR count). The number of hydrogen-bond acceptors (Lipinski definition) is 9. The van der Waals surface area contributed by atoms with Crippen molar-refractivity contribution in [3.63, 3.8) is 0 Å². The minimum Gasteiger partial charge on any atom is -0.463 e. The Morgan fingerprint density at radius 3 is 2.62 bits per heavy atom. The van der Waals surface area contributed by atoms with Crippen molar-refractivity contribution in [2.75, 3.05) is 64.0 Å². The highest BCUT2D eigenvalue weighted by atomic mass is 16.5. The van der Waals surface area contributed by atoms with E-state index in [2.05, 4.69) is 45.5 Å². The van der Waals surface area contributed by atoms with Crippen molar-refractivity contribution in [3.8, 4) is 12.1 Å². The van der Waals surface area contributed by atoms with Crippen LogP contribution in [0.1, 0.15) is 41.6 Å². The lowest BCUT2D eigenvalue weighted by Crippen LogP contribution is -2.51. The van der Waals surface area contributed by atoms with Gasteiger partial charge in [-0.1, -0.05) is 24.3 Å². The molecule has 4 heterocycles. The van der Waals surface area contributed by atoms with Crippen LogP contribution in [-0.4, -0.2) is 85.6 Å². The predicted octanol–water partition coefficient (Wildman–Crippen LogP) is 2.27. The van der Waals surface area contributed by atoms with E-state index in [0.29, 0.717) is 25.6 Å². The Balaban J connectivity index is 1.14. The maximum absolute atomic E-state index is 9.29. The molecule has 9 nitrogen and oxygen atoms in total. The monoisotopic (exact) mass is 530 g/mol. The number of nitrogens with zero attached hydrogens (tertiary/aromatic N) is 5. The molecule has 5 aliphatic rings. The molecule has 1 saturated carbocycles. The molecule has 0 unspecified atom stereocenters. The van der Waals surface area contributed by atoms with Crippen molar-refractivity contribution in [2.45, 2.75) is 56.8 Å². The second kappa shape index (κ2) is 10.3. The van der Waals surface area contributed by atoms with Crippen LogP contribution in [0, 0.1) is 16.7 Å². The summed E-state index contributed by atoms with van der Waals surface area (Å²) >= 11 is 0. The van der Waals surface area contributed by atoms with E-state index >= 15 is 0 Å². The normalized spacial score (nSPS) is 25.1. The Bertz CT molecular complexity index is 1230. The summed E-state index contributed by atoms with van der Waals surface area (Å²) in [4.78, 5) is 14.9. The van der Waals surface area contributed by atoms with E-state index in [-0.39, 0.29) is 17.1 Å². The van der Waals surface area contributed by atoms with E-state index in [0.717, 1.165) is 88.8 Å². The summed E-state index contributed by atoms with van der Waals surface area (Å²) in [5.74, 6) is 0.919. The van der Waals surface area contributed by atoms with Gasteiger partial charge in [0.15, 0.2) is 0 Å². The average molecular weight is 531 g/mol. The molecule has 1 aromatic heterocycles. The molecule has 0 amide bonds. The maximum Gasteiger partial charge on any atom is 0.318 e.